The minimum absolute atomic E-state index is 0.0233. The van der Waals surface area contributed by atoms with Crippen LogP contribution in [0.5, 0.6) is 0 Å². The zero-order valence-electron chi connectivity index (χ0n) is 11.6. The van der Waals surface area contributed by atoms with Crippen molar-refractivity contribution in [2.24, 2.45) is 0 Å². The number of aromatic nitrogens is 1. The normalized spacial score (nSPS) is 10.0. The van der Waals surface area contributed by atoms with Crippen molar-refractivity contribution in [3.05, 3.63) is 27.9 Å². The van der Waals surface area contributed by atoms with Crippen LogP contribution in [0.3, 0.4) is 0 Å². The number of pyridine rings is 1. The molecule has 0 unspecified atom stereocenters. The molecule has 0 aromatic carbocycles. The molecule has 0 saturated carbocycles. The van der Waals surface area contributed by atoms with Gasteiger partial charge in [0.1, 0.15) is 5.56 Å². The fourth-order valence-electron chi connectivity index (χ4n) is 1.65. The molecule has 1 aromatic heterocycles. The Labute approximate surface area is 120 Å². The van der Waals surface area contributed by atoms with Crippen LogP contribution in [0, 0.1) is 10.1 Å². The molecule has 1 rings (SSSR count). The van der Waals surface area contributed by atoms with Gasteiger partial charge in [-0.05, 0) is 13.0 Å². The maximum atomic E-state index is 11.7. The molecule has 0 saturated heterocycles. The number of nitrogens with zero attached hydrogens (tertiary/aromatic N) is 3. The largest absolute Gasteiger partial charge is 0.481 e. The number of hydrogen-bond acceptors (Lipinski definition) is 7. The molecule has 1 heterocycles. The van der Waals surface area contributed by atoms with E-state index in [0.29, 0.717) is 0 Å². The van der Waals surface area contributed by atoms with Gasteiger partial charge in [-0.2, -0.15) is 0 Å². The first-order valence-electron chi connectivity index (χ1n) is 6.11. The number of aliphatic carboxylic acids is 1. The summed E-state index contributed by atoms with van der Waals surface area (Å²) in [4.78, 5) is 38.0. The van der Waals surface area contributed by atoms with Crippen LogP contribution in [0.2, 0.25) is 0 Å². The minimum Gasteiger partial charge on any atom is -0.481 e. The number of carbonyl (C=O) groups excluding carboxylic acids is 1. The minimum atomic E-state index is -1.04. The van der Waals surface area contributed by atoms with Crippen molar-refractivity contribution in [2.75, 3.05) is 25.1 Å². The summed E-state index contributed by atoms with van der Waals surface area (Å²) in [5.41, 5.74) is -0.710. The lowest BCUT2D eigenvalue weighted by Crippen LogP contribution is -2.24. The first-order valence-corrected chi connectivity index (χ1v) is 6.11. The number of anilines is 1. The maximum absolute atomic E-state index is 11.7. The monoisotopic (exact) mass is 297 g/mol. The molecule has 0 amide bonds. The third-order valence-electron chi connectivity index (χ3n) is 2.61. The van der Waals surface area contributed by atoms with E-state index in [9.17, 15) is 19.7 Å². The molecule has 114 valence electrons. The van der Waals surface area contributed by atoms with E-state index < -0.39 is 22.5 Å². The highest BCUT2D eigenvalue weighted by Gasteiger charge is 2.28. The lowest BCUT2D eigenvalue weighted by atomic mass is 10.2. The molecule has 9 heteroatoms. The maximum Gasteiger partial charge on any atom is 0.345 e. The van der Waals surface area contributed by atoms with Gasteiger partial charge >= 0.3 is 17.6 Å². The van der Waals surface area contributed by atoms with Gasteiger partial charge in [-0.3, -0.25) is 14.9 Å². The Morgan fingerprint density at radius 3 is 2.71 bits per heavy atom. The third kappa shape index (κ3) is 4.13. The molecule has 0 aliphatic carbocycles. The molecular weight excluding hydrogens is 282 g/mol. The first-order chi connectivity index (χ1) is 9.88. The summed E-state index contributed by atoms with van der Waals surface area (Å²) in [5.74, 6) is -1.93. The molecule has 0 aliphatic rings. The summed E-state index contributed by atoms with van der Waals surface area (Å²) in [6, 6.07) is 1.20. The summed E-state index contributed by atoms with van der Waals surface area (Å²) in [7, 11) is 1.47. The highest BCUT2D eigenvalue weighted by molar-refractivity contribution is 5.96. The second kappa shape index (κ2) is 7.17. The van der Waals surface area contributed by atoms with Crippen molar-refractivity contribution in [1.29, 1.82) is 0 Å². The van der Waals surface area contributed by atoms with E-state index in [-0.39, 0.29) is 31.0 Å². The summed E-state index contributed by atoms with van der Waals surface area (Å²) >= 11 is 0. The number of hydrogen-bond donors (Lipinski definition) is 1. The van der Waals surface area contributed by atoms with Crippen LogP contribution in [0.25, 0.3) is 0 Å². The summed E-state index contributed by atoms with van der Waals surface area (Å²) < 4.78 is 4.77. The van der Waals surface area contributed by atoms with Crippen LogP contribution >= 0.6 is 0 Å². The molecular formula is C12H15N3O6. The number of carboxylic acid groups (broad SMARTS) is 1. The Kier molecular flexibility index (Phi) is 5.58. The Bertz CT molecular complexity index is 560. The van der Waals surface area contributed by atoms with Gasteiger partial charge in [0.25, 0.3) is 0 Å². The smallest absolute Gasteiger partial charge is 0.345 e. The van der Waals surface area contributed by atoms with Crippen molar-refractivity contribution in [3.8, 4) is 0 Å². The zero-order valence-corrected chi connectivity index (χ0v) is 11.6. The summed E-state index contributed by atoms with van der Waals surface area (Å²) in [6.45, 7) is 1.70. The van der Waals surface area contributed by atoms with Gasteiger partial charge in [0.05, 0.1) is 18.0 Å². The van der Waals surface area contributed by atoms with Gasteiger partial charge in [-0.15, -0.1) is 0 Å². The van der Waals surface area contributed by atoms with E-state index in [1.807, 2.05) is 0 Å². The van der Waals surface area contributed by atoms with Crippen LogP contribution in [0.4, 0.5) is 11.5 Å². The van der Waals surface area contributed by atoms with Crippen molar-refractivity contribution in [3.63, 3.8) is 0 Å². The number of carboxylic acids is 1. The van der Waals surface area contributed by atoms with Gasteiger partial charge in [-0.25, -0.2) is 9.78 Å². The van der Waals surface area contributed by atoms with E-state index in [0.717, 1.165) is 0 Å². The predicted octanol–water partition coefficient (Wildman–Crippen LogP) is 1.08. The highest BCUT2D eigenvalue weighted by atomic mass is 16.6. The quantitative estimate of drug-likeness (QED) is 0.450. The molecule has 0 fully saturated rings. The third-order valence-corrected chi connectivity index (χ3v) is 2.61. The number of carbonyl (C=O) groups is 2. The summed E-state index contributed by atoms with van der Waals surface area (Å²) in [6.07, 6.45) is 1.03. The standard InChI is InChI=1S/C12H15N3O6/c1-3-21-12(18)8-4-6-13-11(10(8)15(19)20)14(2)7-5-9(16)17/h4,6H,3,5,7H2,1-2H3,(H,16,17). The van der Waals surface area contributed by atoms with E-state index in [2.05, 4.69) is 4.98 Å². The Morgan fingerprint density at radius 2 is 2.19 bits per heavy atom. The second-order valence-corrected chi connectivity index (χ2v) is 4.07. The van der Waals surface area contributed by atoms with Crippen LogP contribution in [0.15, 0.2) is 12.3 Å². The average Bonchev–Trinajstić information content (AvgIpc) is 2.43. The molecule has 0 atom stereocenters. The van der Waals surface area contributed by atoms with E-state index in [4.69, 9.17) is 9.84 Å². The molecule has 0 bridgehead atoms. The summed E-state index contributed by atoms with van der Waals surface area (Å²) in [5, 5.41) is 19.9. The van der Waals surface area contributed by atoms with Crippen molar-refractivity contribution in [2.45, 2.75) is 13.3 Å². The molecule has 0 spiro atoms. The molecule has 1 N–H and O–H groups in total. The molecule has 1 aromatic rings. The number of nitro groups is 1. The van der Waals surface area contributed by atoms with E-state index >= 15 is 0 Å². The van der Waals surface area contributed by atoms with Gasteiger partial charge in [-0.1, -0.05) is 0 Å². The van der Waals surface area contributed by atoms with Crippen LogP contribution in [0.1, 0.15) is 23.7 Å². The van der Waals surface area contributed by atoms with Crippen molar-refractivity contribution >= 4 is 23.4 Å². The van der Waals surface area contributed by atoms with E-state index in [1.54, 1.807) is 6.92 Å². The highest BCUT2D eigenvalue weighted by Crippen LogP contribution is 2.29. The topological polar surface area (TPSA) is 123 Å². The lowest BCUT2D eigenvalue weighted by Gasteiger charge is -2.17. The van der Waals surface area contributed by atoms with Gasteiger partial charge in [0.2, 0.25) is 5.82 Å². The number of esters is 1. The van der Waals surface area contributed by atoms with Crippen LogP contribution in [-0.4, -0.2) is 47.2 Å². The predicted molar refractivity (Wildman–Crippen MR) is 72.4 cm³/mol. The number of ether oxygens (including phenoxy) is 1. The molecule has 0 aliphatic heterocycles. The molecule has 0 radical (unpaired) electrons. The van der Waals surface area contributed by atoms with Crippen molar-refractivity contribution in [1.82, 2.24) is 4.98 Å². The SMILES string of the molecule is CCOC(=O)c1ccnc(N(C)CCC(=O)O)c1[N+](=O)[O-]. The first kappa shape index (κ1) is 16.3. The lowest BCUT2D eigenvalue weighted by molar-refractivity contribution is -0.384. The van der Waals surface area contributed by atoms with Crippen molar-refractivity contribution < 1.29 is 24.4 Å². The fourth-order valence-corrected chi connectivity index (χ4v) is 1.65. The Hall–Kier alpha value is -2.71. The van der Waals surface area contributed by atoms with Gasteiger partial charge in [0.15, 0.2) is 0 Å². The van der Waals surface area contributed by atoms with Crippen LogP contribution < -0.4 is 4.90 Å². The average molecular weight is 297 g/mol. The van der Waals surface area contributed by atoms with E-state index in [1.165, 1.54) is 24.2 Å². The fraction of sp³-hybridized carbons (Fsp3) is 0.417. The Morgan fingerprint density at radius 1 is 1.52 bits per heavy atom. The Balaban J connectivity index is 3.20. The zero-order chi connectivity index (χ0) is 16.0. The molecule has 9 nitrogen and oxygen atoms in total. The molecule has 21 heavy (non-hydrogen) atoms. The number of rotatable bonds is 7. The second-order valence-electron chi connectivity index (χ2n) is 4.07. The van der Waals surface area contributed by atoms with Crippen LogP contribution in [-0.2, 0) is 9.53 Å². The van der Waals surface area contributed by atoms with Gasteiger partial charge in [0, 0.05) is 19.8 Å². The van der Waals surface area contributed by atoms with Gasteiger partial charge < -0.3 is 14.7 Å².